The van der Waals surface area contributed by atoms with Crippen molar-refractivity contribution in [1.82, 2.24) is 19.7 Å². The summed E-state index contributed by atoms with van der Waals surface area (Å²) < 4.78 is 18.0. The van der Waals surface area contributed by atoms with Gasteiger partial charge < -0.3 is 24.4 Å². The molecule has 3 heterocycles. The Labute approximate surface area is 204 Å². The van der Waals surface area contributed by atoms with Gasteiger partial charge in [-0.2, -0.15) is 10.1 Å². The van der Waals surface area contributed by atoms with Gasteiger partial charge in [0.1, 0.15) is 5.82 Å². The van der Waals surface area contributed by atoms with Crippen molar-refractivity contribution in [2.24, 2.45) is 0 Å². The first-order chi connectivity index (χ1) is 17.2. The minimum absolute atomic E-state index is 0.586. The van der Waals surface area contributed by atoms with Gasteiger partial charge in [0.2, 0.25) is 5.95 Å². The number of morpholine rings is 1. The Bertz CT molecular complexity index is 1270. The molecule has 182 valence electrons. The SMILES string of the molecule is COCCn1ncc2ccc(-c3cc(Nc4ccc(COC)cc4)nc(N4CCOCC4)n3)cc21. The lowest BCUT2D eigenvalue weighted by atomic mass is 10.1. The molecule has 0 spiro atoms. The van der Waals surface area contributed by atoms with Crippen LogP contribution in [0.2, 0.25) is 0 Å². The van der Waals surface area contributed by atoms with Crippen molar-refractivity contribution in [1.29, 1.82) is 0 Å². The van der Waals surface area contributed by atoms with Gasteiger partial charge in [0.05, 0.1) is 50.4 Å². The van der Waals surface area contributed by atoms with Crippen LogP contribution in [0.15, 0.2) is 54.7 Å². The number of nitrogens with one attached hydrogen (secondary N) is 1. The molecule has 35 heavy (non-hydrogen) atoms. The van der Waals surface area contributed by atoms with Gasteiger partial charge in [-0.05, 0) is 23.8 Å². The van der Waals surface area contributed by atoms with E-state index in [0.717, 1.165) is 52.3 Å². The molecule has 2 aromatic carbocycles. The number of anilines is 3. The number of methoxy groups -OCH3 is 2. The van der Waals surface area contributed by atoms with Crippen molar-refractivity contribution in [3.8, 4) is 11.3 Å². The lowest BCUT2D eigenvalue weighted by Gasteiger charge is -2.27. The van der Waals surface area contributed by atoms with Crippen LogP contribution < -0.4 is 10.2 Å². The Hall–Kier alpha value is -3.53. The number of benzene rings is 2. The molecular formula is C26H30N6O3. The molecule has 1 saturated heterocycles. The second kappa shape index (κ2) is 10.8. The third-order valence-electron chi connectivity index (χ3n) is 5.99. The fraction of sp³-hybridized carbons (Fsp3) is 0.346. The summed E-state index contributed by atoms with van der Waals surface area (Å²) in [6, 6.07) is 16.4. The third kappa shape index (κ3) is 5.43. The Balaban J connectivity index is 1.50. The highest BCUT2D eigenvalue weighted by Gasteiger charge is 2.17. The highest BCUT2D eigenvalue weighted by Crippen LogP contribution is 2.28. The molecule has 0 bridgehead atoms. The van der Waals surface area contributed by atoms with Crippen molar-refractivity contribution in [2.75, 3.05) is 57.3 Å². The zero-order valence-electron chi connectivity index (χ0n) is 20.1. The van der Waals surface area contributed by atoms with Gasteiger partial charge in [0.15, 0.2) is 0 Å². The summed E-state index contributed by atoms with van der Waals surface area (Å²) in [5, 5.41) is 9.05. The fourth-order valence-electron chi connectivity index (χ4n) is 4.14. The van der Waals surface area contributed by atoms with Gasteiger partial charge >= 0.3 is 0 Å². The highest BCUT2D eigenvalue weighted by molar-refractivity contribution is 5.84. The zero-order valence-corrected chi connectivity index (χ0v) is 20.1. The summed E-state index contributed by atoms with van der Waals surface area (Å²) in [6.07, 6.45) is 1.88. The van der Waals surface area contributed by atoms with E-state index >= 15 is 0 Å². The van der Waals surface area contributed by atoms with E-state index in [1.165, 1.54) is 0 Å². The Morgan fingerprint density at radius 2 is 1.80 bits per heavy atom. The Morgan fingerprint density at radius 3 is 2.57 bits per heavy atom. The summed E-state index contributed by atoms with van der Waals surface area (Å²) in [4.78, 5) is 11.9. The fourth-order valence-corrected chi connectivity index (χ4v) is 4.14. The number of hydrogen-bond acceptors (Lipinski definition) is 8. The molecule has 5 rings (SSSR count). The Kier molecular flexibility index (Phi) is 7.17. The molecule has 2 aromatic heterocycles. The van der Waals surface area contributed by atoms with Gasteiger partial charge in [-0.25, -0.2) is 4.98 Å². The van der Waals surface area contributed by atoms with Crippen LogP contribution in [0.1, 0.15) is 5.56 Å². The number of hydrogen-bond donors (Lipinski definition) is 1. The molecule has 0 saturated carbocycles. The van der Waals surface area contributed by atoms with Gasteiger partial charge in [-0.1, -0.05) is 24.3 Å². The standard InChI is InChI=1S/C26H30N6O3/c1-33-12-11-32-24-15-20(5-6-21(24)17-27-32)23-16-25(28-22-7-3-19(4-8-22)18-34-2)30-26(29-23)31-9-13-35-14-10-31/h3-8,15-17H,9-14,18H2,1-2H3,(H,28,29,30). The van der Waals surface area contributed by atoms with E-state index in [1.807, 2.05) is 41.2 Å². The molecule has 0 unspecified atom stereocenters. The van der Waals surface area contributed by atoms with Crippen LogP contribution in [0.3, 0.4) is 0 Å². The molecule has 1 fully saturated rings. The van der Waals surface area contributed by atoms with Crippen LogP contribution in [0.5, 0.6) is 0 Å². The van der Waals surface area contributed by atoms with Gasteiger partial charge in [-0.3, -0.25) is 4.68 Å². The first kappa shape index (κ1) is 23.2. The normalized spacial score (nSPS) is 13.9. The van der Waals surface area contributed by atoms with Crippen molar-refractivity contribution >= 4 is 28.4 Å². The van der Waals surface area contributed by atoms with E-state index in [2.05, 4.69) is 33.5 Å². The van der Waals surface area contributed by atoms with Crippen LogP contribution >= 0.6 is 0 Å². The average Bonchev–Trinajstić information content (AvgIpc) is 3.31. The topological polar surface area (TPSA) is 86.6 Å². The first-order valence-corrected chi connectivity index (χ1v) is 11.7. The zero-order chi connectivity index (χ0) is 24.0. The van der Waals surface area contributed by atoms with E-state index in [0.29, 0.717) is 38.9 Å². The second-order valence-corrected chi connectivity index (χ2v) is 8.43. The minimum Gasteiger partial charge on any atom is -0.383 e. The molecule has 9 nitrogen and oxygen atoms in total. The van der Waals surface area contributed by atoms with E-state index in [9.17, 15) is 0 Å². The quantitative estimate of drug-likeness (QED) is 0.391. The summed E-state index contributed by atoms with van der Waals surface area (Å²) in [6.45, 7) is 4.74. The van der Waals surface area contributed by atoms with E-state index < -0.39 is 0 Å². The van der Waals surface area contributed by atoms with Crippen LogP contribution in [0.4, 0.5) is 17.5 Å². The number of nitrogens with zero attached hydrogens (tertiary/aromatic N) is 5. The summed E-state index contributed by atoms with van der Waals surface area (Å²) >= 11 is 0. The van der Waals surface area contributed by atoms with E-state index in [-0.39, 0.29) is 0 Å². The monoisotopic (exact) mass is 474 g/mol. The number of fused-ring (bicyclic) bond motifs is 1. The number of rotatable bonds is 9. The lowest BCUT2D eigenvalue weighted by molar-refractivity contribution is 0.122. The maximum atomic E-state index is 5.53. The second-order valence-electron chi connectivity index (χ2n) is 8.43. The van der Waals surface area contributed by atoms with Gasteiger partial charge in [0, 0.05) is 50.0 Å². The maximum Gasteiger partial charge on any atom is 0.228 e. The molecule has 4 aromatic rings. The van der Waals surface area contributed by atoms with E-state index in [4.69, 9.17) is 24.2 Å². The molecule has 1 aliphatic heterocycles. The average molecular weight is 475 g/mol. The maximum absolute atomic E-state index is 5.53. The minimum atomic E-state index is 0.586. The summed E-state index contributed by atoms with van der Waals surface area (Å²) in [5.41, 5.74) is 4.98. The Morgan fingerprint density at radius 1 is 0.971 bits per heavy atom. The van der Waals surface area contributed by atoms with E-state index in [1.54, 1.807) is 14.2 Å². The van der Waals surface area contributed by atoms with Crippen molar-refractivity contribution in [3.63, 3.8) is 0 Å². The molecule has 1 aliphatic rings. The summed E-state index contributed by atoms with van der Waals surface area (Å²) in [5.74, 6) is 1.43. The van der Waals surface area contributed by atoms with Crippen molar-refractivity contribution < 1.29 is 14.2 Å². The molecule has 1 N–H and O–H groups in total. The van der Waals surface area contributed by atoms with Crippen molar-refractivity contribution in [3.05, 3.63) is 60.3 Å². The van der Waals surface area contributed by atoms with Crippen LogP contribution in [-0.4, -0.2) is 66.9 Å². The van der Waals surface area contributed by atoms with Crippen molar-refractivity contribution in [2.45, 2.75) is 13.2 Å². The predicted molar refractivity (Wildman–Crippen MR) is 136 cm³/mol. The van der Waals surface area contributed by atoms with Gasteiger partial charge in [-0.15, -0.1) is 0 Å². The largest absolute Gasteiger partial charge is 0.383 e. The number of ether oxygens (including phenoxy) is 3. The number of aromatic nitrogens is 4. The summed E-state index contributed by atoms with van der Waals surface area (Å²) in [7, 11) is 3.40. The smallest absolute Gasteiger partial charge is 0.228 e. The molecule has 0 atom stereocenters. The third-order valence-corrected chi connectivity index (χ3v) is 5.99. The molecule has 0 aliphatic carbocycles. The first-order valence-electron chi connectivity index (χ1n) is 11.7. The predicted octanol–water partition coefficient (Wildman–Crippen LogP) is 3.87. The van der Waals surface area contributed by atoms with Crippen LogP contribution in [0.25, 0.3) is 22.2 Å². The molecule has 0 radical (unpaired) electrons. The van der Waals surface area contributed by atoms with Gasteiger partial charge in [0.25, 0.3) is 0 Å². The highest BCUT2D eigenvalue weighted by atomic mass is 16.5. The van der Waals surface area contributed by atoms with Crippen LogP contribution in [0, 0.1) is 0 Å². The lowest BCUT2D eigenvalue weighted by Crippen LogP contribution is -2.37. The molecule has 0 amide bonds. The molecule has 9 heteroatoms. The molecular weight excluding hydrogens is 444 g/mol. The van der Waals surface area contributed by atoms with Crippen LogP contribution in [-0.2, 0) is 27.4 Å².